The van der Waals surface area contributed by atoms with Crippen LogP contribution in [-0.2, 0) is 11.2 Å². The molecule has 1 aromatic carbocycles. The molecule has 0 saturated heterocycles. The van der Waals surface area contributed by atoms with E-state index in [1.807, 2.05) is 30.8 Å². The van der Waals surface area contributed by atoms with Crippen LogP contribution in [0.15, 0.2) is 33.8 Å². The second kappa shape index (κ2) is 8.65. The zero-order valence-electron chi connectivity index (χ0n) is 15.7. The monoisotopic (exact) mass is 387 g/mol. The molecule has 144 valence electrons. The number of aryl methyl sites for hydroxylation is 2. The molecule has 0 bridgehead atoms. The van der Waals surface area contributed by atoms with Crippen molar-refractivity contribution in [3.05, 3.63) is 46.9 Å². The van der Waals surface area contributed by atoms with Crippen molar-refractivity contribution in [1.82, 2.24) is 0 Å². The minimum Gasteiger partial charge on any atom is -0.481 e. The van der Waals surface area contributed by atoms with Gasteiger partial charge in [0.05, 0.1) is 11.8 Å². The molecule has 1 fully saturated rings. The standard InChI is InChI=1S/C21H25NO4S/c1-13-10-16(27-15-6-4-3-5-7-15)8-9-17(13)22-21(25)20-14(2)12-26-18(20)11-19(23)24/h8-10,12,15H,3-7,11H2,1-2H3,(H,22,25)(H,23,24). The SMILES string of the molecule is Cc1cc(SC2CCCCC2)ccc1NC(=O)c1c(C)coc1CC(=O)O. The Morgan fingerprint density at radius 1 is 1.19 bits per heavy atom. The number of aliphatic carboxylic acids is 1. The van der Waals surface area contributed by atoms with Crippen LogP contribution in [0, 0.1) is 13.8 Å². The average molecular weight is 388 g/mol. The van der Waals surface area contributed by atoms with Crippen molar-refractivity contribution in [2.45, 2.75) is 62.5 Å². The number of benzene rings is 1. The Hall–Kier alpha value is -2.21. The Labute approximate surface area is 163 Å². The summed E-state index contributed by atoms with van der Waals surface area (Å²) in [6.07, 6.45) is 7.62. The van der Waals surface area contributed by atoms with E-state index in [9.17, 15) is 9.59 Å². The molecule has 0 radical (unpaired) electrons. The zero-order chi connectivity index (χ0) is 19.4. The van der Waals surface area contributed by atoms with Crippen molar-refractivity contribution < 1.29 is 19.1 Å². The van der Waals surface area contributed by atoms with E-state index in [1.54, 1.807) is 6.92 Å². The zero-order valence-corrected chi connectivity index (χ0v) is 16.5. The van der Waals surface area contributed by atoms with Crippen LogP contribution in [0.1, 0.15) is 59.3 Å². The number of carboxylic acid groups (broad SMARTS) is 1. The Morgan fingerprint density at radius 3 is 2.59 bits per heavy atom. The second-order valence-electron chi connectivity index (χ2n) is 7.10. The third kappa shape index (κ3) is 4.95. The summed E-state index contributed by atoms with van der Waals surface area (Å²) in [5.41, 5.74) is 2.66. The van der Waals surface area contributed by atoms with Gasteiger partial charge in [-0.2, -0.15) is 0 Å². The molecule has 2 aromatic rings. The fraction of sp³-hybridized carbons (Fsp3) is 0.429. The molecule has 1 aliphatic carbocycles. The Morgan fingerprint density at radius 2 is 1.93 bits per heavy atom. The number of carbonyl (C=O) groups excluding carboxylic acids is 1. The molecule has 5 nitrogen and oxygen atoms in total. The van der Waals surface area contributed by atoms with Gasteiger partial charge in [0, 0.05) is 21.4 Å². The fourth-order valence-corrected chi connectivity index (χ4v) is 4.83. The number of anilines is 1. The Kier molecular flexibility index (Phi) is 6.26. The summed E-state index contributed by atoms with van der Waals surface area (Å²) < 4.78 is 5.25. The minimum atomic E-state index is -1.03. The first kappa shape index (κ1) is 19.5. The van der Waals surface area contributed by atoms with E-state index in [1.165, 1.54) is 43.3 Å². The van der Waals surface area contributed by atoms with Gasteiger partial charge in [-0.1, -0.05) is 19.3 Å². The molecule has 2 N–H and O–H groups in total. The van der Waals surface area contributed by atoms with E-state index < -0.39 is 5.97 Å². The van der Waals surface area contributed by atoms with Gasteiger partial charge in [0.1, 0.15) is 12.2 Å². The van der Waals surface area contributed by atoms with Gasteiger partial charge < -0.3 is 14.8 Å². The summed E-state index contributed by atoms with van der Waals surface area (Å²) in [5, 5.41) is 12.6. The van der Waals surface area contributed by atoms with Crippen molar-refractivity contribution in [1.29, 1.82) is 0 Å². The van der Waals surface area contributed by atoms with Gasteiger partial charge >= 0.3 is 5.97 Å². The van der Waals surface area contributed by atoms with E-state index in [0.29, 0.717) is 16.4 Å². The van der Waals surface area contributed by atoms with Gasteiger partial charge in [0.15, 0.2) is 0 Å². The summed E-state index contributed by atoms with van der Waals surface area (Å²) >= 11 is 1.92. The maximum Gasteiger partial charge on any atom is 0.311 e. The number of furan rings is 1. The highest BCUT2D eigenvalue weighted by Crippen LogP contribution is 2.35. The molecule has 0 aliphatic heterocycles. The molecule has 1 aromatic heterocycles. The van der Waals surface area contributed by atoms with Gasteiger partial charge in [-0.3, -0.25) is 9.59 Å². The van der Waals surface area contributed by atoms with Crippen molar-refractivity contribution in [3.63, 3.8) is 0 Å². The third-order valence-corrected chi connectivity index (χ3v) is 6.22. The summed E-state index contributed by atoms with van der Waals surface area (Å²) in [4.78, 5) is 24.9. The van der Waals surface area contributed by atoms with E-state index in [4.69, 9.17) is 9.52 Å². The van der Waals surface area contributed by atoms with E-state index in [-0.39, 0.29) is 18.1 Å². The lowest BCUT2D eigenvalue weighted by molar-refractivity contribution is -0.136. The van der Waals surface area contributed by atoms with Crippen LogP contribution < -0.4 is 5.32 Å². The van der Waals surface area contributed by atoms with E-state index in [2.05, 4.69) is 11.4 Å². The lowest BCUT2D eigenvalue weighted by Crippen LogP contribution is -2.16. The first-order chi connectivity index (χ1) is 12.9. The van der Waals surface area contributed by atoms with Gasteiger partial charge in [-0.25, -0.2) is 0 Å². The molecule has 6 heteroatoms. The predicted octanol–water partition coefficient (Wildman–Crippen LogP) is 5.20. The number of amides is 1. The van der Waals surface area contributed by atoms with Crippen LogP contribution in [0.3, 0.4) is 0 Å². The number of thioether (sulfide) groups is 1. The highest BCUT2D eigenvalue weighted by atomic mass is 32.2. The number of carboxylic acids is 1. The second-order valence-corrected chi connectivity index (χ2v) is 8.47. The van der Waals surface area contributed by atoms with Crippen molar-refractivity contribution in [3.8, 4) is 0 Å². The van der Waals surface area contributed by atoms with Gasteiger partial charge in [-0.15, -0.1) is 11.8 Å². The molecular formula is C21H25NO4S. The van der Waals surface area contributed by atoms with Crippen LogP contribution in [0.5, 0.6) is 0 Å². The predicted molar refractivity (Wildman–Crippen MR) is 107 cm³/mol. The lowest BCUT2D eigenvalue weighted by atomic mass is 10.0. The molecule has 1 aliphatic rings. The highest BCUT2D eigenvalue weighted by molar-refractivity contribution is 8.00. The maximum absolute atomic E-state index is 12.7. The highest BCUT2D eigenvalue weighted by Gasteiger charge is 2.21. The normalized spacial score (nSPS) is 14.9. The van der Waals surface area contributed by atoms with Crippen LogP contribution in [0.2, 0.25) is 0 Å². The number of carbonyl (C=O) groups is 2. The summed E-state index contributed by atoms with van der Waals surface area (Å²) in [7, 11) is 0. The minimum absolute atomic E-state index is 0.180. The topological polar surface area (TPSA) is 79.5 Å². The van der Waals surface area contributed by atoms with Crippen LogP contribution in [0.25, 0.3) is 0 Å². The first-order valence-corrected chi connectivity index (χ1v) is 10.2. The molecule has 0 atom stereocenters. The fourth-order valence-electron chi connectivity index (χ4n) is 3.48. The van der Waals surface area contributed by atoms with E-state index >= 15 is 0 Å². The molecule has 1 heterocycles. The number of rotatable bonds is 6. The molecule has 3 rings (SSSR count). The quantitative estimate of drug-likeness (QED) is 0.712. The van der Waals surface area contributed by atoms with E-state index in [0.717, 1.165) is 11.3 Å². The smallest absolute Gasteiger partial charge is 0.311 e. The van der Waals surface area contributed by atoms with Crippen LogP contribution in [0.4, 0.5) is 5.69 Å². The largest absolute Gasteiger partial charge is 0.481 e. The van der Waals surface area contributed by atoms with Crippen molar-refractivity contribution >= 4 is 29.3 Å². The lowest BCUT2D eigenvalue weighted by Gasteiger charge is -2.21. The summed E-state index contributed by atoms with van der Waals surface area (Å²) in [6, 6.07) is 6.07. The van der Waals surface area contributed by atoms with Gasteiger partial charge in [0.25, 0.3) is 5.91 Å². The Balaban J connectivity index is 1.71. The summed E-state index contributed by atoms with van der Waals surface area (Å²) in [6.45, 7) is 3.71. The average Bonchev–Trinajstić information content (AvgIpc) is 2.98. The van der Waals surface area contributed by atoms with Gasteiger partial charge in [0.2, 0.25) is 0 Å². The van der Waals surface area contributed by atoms with Crippen LogP contribution >= 0.6 is 11.8 Å². The van der Waals surface area contributed by atoms with Gasteiger partial charge in [-0.05, 0) is 50.5 Å². The molecule has 1 saturated carbocycles. The number of hydrogen-bond acceptors (Lipinski definition) is 4. The summed E-state index contributed by atoms with van der Waals surface area (Å²) in [5.74, 6) is -1.19. The van der Waals surface area contributed by atoms with Crippen molar-refractivity contribution in [2.75, 3.05) is 5.32 Å². The molecule has 0 spiro atoms. The third-order valence-electron chi connectivity index (χ3n) is 4.89. The van der Waals surface area contributed by atoms with Crippen LogP contribution in [-0.4, -0.2) is 22.2 Å². The first-order valence-electron chi connectivity index (χ1n) is 9.31. The number of hydrogen-bond donors (Lipinski definition) is 2. The molecule has 27 heavy (non-hydrogen) atoms. The Bertz CT molecular complexity index is 837. The number of nitrogens with one attached hydrogen (secondary N) is 1. The maximum atomic E-state index is 12.7. The molecular weight excluding hydrogens is 362 g/mol. The van der Waals surface area contributed by atoms with Crippen molar-refractivity contribution in [2.24, 2.45) is 0 Å². The molecule has 1 amide bonds. The molecule has 0 unspecified atom stereocenters.